The molecule has 0 amide bonds. The summed E-state index contributed by atoms with van der Waals surface area (Å²) in [5, 5.41) is 4.95. The number of aromatic nitrogens is 2. The molecule has 0 aliphatic heterocycles. The number of pyridine rings is 1. The Morgan fingerprint density at radius 3 is 2.80 bits per heavy atom. The molecule has 0 radical (unpaired) electrons. The maximum Gasteiger partial charge on any atom is 0.343 e. The molecule has 106 valence electrons. The number of Topliss-reactive ketones (excluding diaryl/α,β-unsaturated/α-hetero) is 1. The van der Waals surface area contributed by atoms with E-state index >= 15 is 0 Å². The molecule has 0 saturated carbocycles. The van der Waals surface area contributed by atoms with E-state index in [-0.39, 0.29) is 11.5 Å². The number of thioether (sulfide) groups is 1. The van der Waals surface area contributed by atoms with Crippen molar-refractivity contribution < 1.29 is 14.3 Å². The first-order valence-corrected chi connectivity index (χ1v) is 7.30. The average molecular weight is 292 g/mol. The molecular weight excluding hydrogens is 276 g/mol. The van der Waals surface area contributed by atoms with Gasteiger partial charge < -0.3 is 4.74 Å². The van der Waals surface area contributed by atoms with E-state index < -0.39 is 5.97 Å². The summed E-state index contributed by atoms with van der Waals surface area (Å²) in [4.78, 5) is 23.3. The van der Waals surface area contributed by atoms with Crippen molar-refractivity contribution in [2.24, 2.45) is 0 Å². The highest BCUT2D eigenvalue weighted by molar-refractivity contribution is 8.00. The first-order valence-electron chi connectivity index (χ1n) is 6.32. The average Bonchev–Trinajstić information content (AvgIpc) is 2.76. The minimum Gasteiger partial charge on any atom is -0.462 e. The number of carbonyl (C=O) groups is 2. The maximum atomic E-state index is 12.1. The summed E-state index contributed by atoms with van der Waals surface area (Å²) in [7, 11) is 0. The summed E-state index contributed by atoms with van der Waals surface area (Å²) < 4.78 is 6.79. The lowest BCUT2D eigenvalue weighted by atomic mass is 10.2. The van der Waals surface area contributed by atoms with E-state index in [4.69, 9.17) is 4.74 Å². The van der Waals surface area contributed by atoms with Gasteiger partial charge in [-0.1, -0.05) is 17.8 Å². The molecule has 0 saturated heterocycles. The monoisotopic (exact) mass is 292 g/mol. The van der Waals surface area contributed by atoms with Crippen LogP contribution in [0.25, 0.3) is 5.52 Å². The number of ketones is 1. The second-order valence-electron chi connectivity index (χ2n) is 4.36. The number of hydrogen-bond donors (Lipinski definition) is 0. The van der Waals surface area contributed by atoms with Crippen molar-refractivity contribution >= 4 is 29.0 Å². The van der Waals surface area contributed by atoms with Gasteiger partial charge in [-0.15, -0.1) is 0 Å². The number of fused-ring (bicyclic) bond motifs is 1. The van der Waals surface area contributed by atoms with Crippen LogP contribution in [0, 0.1) is 6.92 Å². The van der Waals surface area contributed by atoms with Crippen LogP contribution in [-0.4, -0.2) is 33.7 Å². The molecule has 0 fully saturated rings. The van der Waals surface area contributed by atoms with Crippen LogP contribution in [-0.2, 0) is 9.53 Å². The molecule has 0 bridgehead atoms. The molecule has 0 spiro atoms. The van der Waals surface area contributed by atoms with Crippen molar-refractivity contribution in [3.05, 3.63) is 29.5 Å². The summed E-state index contributed by atoms with van der Waals surface area (Å²) in [5.41, 5.74) is 2.05. The highest BCUT2D eigenvalue weighted by atomic mass is 32.2. The van der Waals surface area contributed by atoms with Crippen LogP contribution in [0.3, 0.4) is 0 Å². The number of hydrogen-bond acceptors (Lipinski definition) is 5. The van der Waals surface area contributed by atoms with Gasteiger partial charge in [0.1, 0.15) is 16.4 Å². The van der Waals surface area contributed by atoms with Crippen LogP contribution >= 0.6 is 11.8 Å². The van der Waals surface area contributed by atoms with Crippen LogP contribution in [0.4, 0.5) is 0 Å². The van der Waals surface area contributed by atoms with E-state index in [2.05, 4.69) is 5.10 Å². The Balaban J connectivity index is 2.53. The quantitative estimate of drug-likeness (QED) is 0.626. The van der Waals surface area contributed by atoms with Crippen LogP contribution in [0.15, 0.2) is 23.2 Å². The van der Waals surface area contributed by atoms with Gasteiger partial charge in [-0.2, -0.15) is 5.10 Å². The molecule has 0 aromatic carbocycles. The number of rotatable bonds is 5. The number of aryl methyl sites for hydroxylation is 1. The van der Waals surface area contributed by atoms with Gasteiger partial charge in [-0.25, -0.2) is 9.31 Å². The summed E-state index contributed by atoms with van der Waals surface area (Å²) in [5.74, 6) is -0.0762. The third kappa shape index (κ3) is 2.85. The highest BCUT2D eigenvalue weighted by Crippen LogP contribution is 2.27. The first-order chi connectivity index (χ1) is 9.54. The Bertz CT molecular complexity index is 664. The number of esters is 1. The lowest BCUT2D eigenvalue weighted by molar-refractivity contribution is -0.114. The van der Waals surface area contributed by atoms with Crippen LogP contribution in [0.1, 0.15) is 29.9 Å². The zero-order chi connectivity index (χ0) is 14.7. The van der Waals surface area contributed by atoms with Gasteiger partial charge in [-0.05, 0) is 32.9 Å². The number of ether oxygens (including phenoxy) is 1. The van der Waals surface area contributed by atoms with Crippen molar-refractivity contribution in [2.75, 3.05) is 12.4 Å². The van der Waals surface area contributed by atoms with Gasteiger partial charge in [0.2, 0.25) is 0 Å². The predicted molar refractivity (Wildman–Crippen MR) is 77.3 cm³/mol. The standard InChI is InChI=1S/C14H16N2O3S/c1-4-19-14(18)12-11-7-5-6-9(2)16(11)15-13(12)20-8-10(3)17/h5-7H,4,8H2,1-3H3. The topological polar surface area (TPSA) is 60.7 Å². The minimum atomic E-state index is -0.404. The normalized spacial score (nSPS) is 10.8. The molecule has 2 aromatic heterocycles. The fourth-order valence-corrected chi connectivity index (χ4v) is 2.66. The van der Waals surface area contributed by atoms with Gasteiger partial charge in [0.05, 0.1) is 17.9 Å². The molecular formula is C14H16N2O3S. The van der Waals surface area contributed by atoms with Crippen LogP contribution in [0.2, 0.25) is 0 Å². The fourth-order valence-electron chi connectivity index (χ4n) is 1.85. The third-order valence-electron chi connectivity index (χ3n) is 2.71. The van der Waals surface area contributed by atoms with Crippen molar-refractivity contribution in [3.8, 4) is 0 Å². The van der Waals surface area contributed by atoms with Gasteiger partial charge in [-0.3, -0.25) is 4.79 Å². The summed E-state index contributed by atoms with van der Waals surface area (Å²) in [6, 6.07) is 5.60. The minimum absolute atomic E-state index is 0.0404. The molecule has 0 aliphatic carbocycles. The lowest BCUT2D eigenvalue weighted by Crippen LogP contribution is -2.06. The van der Waals surface area contributed by atoms with E-state index in [1.54, 1.807) is 11.4 Å². The number of carbonyl (C=O) groups excluding carboxylic acids is 2. The molecule has 5 nitrogen and oxygen atoms in total. The van der Waals surface area contributed by atoms with Crippen LogP contribution in [0.5, 0.6) is 0 Å². The van der Waals surface area contributed by atoms with Gasteiger partial charge in [0, 0.05) is 5.69 Å². The Labute approximate surface area is 121 Å². The molecule has 0 unspecified atom stereocenters. The molecule has 20 heavy (non-hydrogen) atoms. The Hall–Kier alpha value is -1.82. The molecule has 6 heteroatoms. The number of nitrogens with zero attached hydrogens (tertiary/aromatic N) is 2. The van der Waals surface area contributed by atoms with Gasteiger partial charge in [0.15, 0.2) is 0 Å². The maximum absolute atomic E-state index is 12.1. The molecule has 0 atom stereocenters. The Kier molecular flexibility index (Phi) is 4.44. The molecule has 2 aromatic rings. The van der Waals surface area contributed by atoms with E-state index in [0.717, 1.165) is 5.69 Å². The molecule has 2 heterocycles. The van der Waals surface area contributed by atoms with E-state index in [9.17, 15) is 9.59 Å². The van der Waals surface area contributed by atoms with Gasteiger partial charge >= 0.3 is 5.97 Å². The SMILES string of the molecule is CCOC(=O)c1c(SCC(C)=O)nn2c(C)cccc12. The fraction of sp³-hybridized carbons (Fsp3) is 0.357. The van der Waals surface area contributed by atoms with E-state index in [1.807, 2.05) is 25.1 Å². The first kappa shape index (κ1) is 14.6. The van der Waals surface area contributed by atoms with E-state index in [1.165, 1.54) is 18.7 Å². The summed E-state index contributed by atoms with van der Waals surface area (Å²) >= 11 is 1.26. The second-order valence-corrected chi connectivity index (χ2v) is 5.32. The van der Waals surface area contributed by atoms with Crippen molar-refractivity contribution in [1.29, 1.82) is 0 Å². The third-order valence-corrected chi connectivity index (χ3v) is 3.82. The molecule has 0 N–H and O–H groups in total. The zero-order valence-corrected chi connectivity index (χ0v) is 12.5. The lowest BCUT2D eigenvalue weighted by Gasteiger charge is -2.02. The Morgan fingerprint density at radius 2 is 2.15 bits per heavy atom. The largest absolute Gasteiger partial charge is 0.462 e. The Morgan fingerprint density at radius 1 is 1.40 bits per heavy atom. The smallest absolute Gasteiger partial charge is 0.343 e. The van der Waals surface area contributed by atoms with Crippen LogP contribution < -0.4 is 0 Å². The van der Waals surface area contributed by atoms with E-state index in [0.29, 0.717) is 22.7 Å². The summed E-state index contributed by atoms with van der Waals surface area (Å²) in [6.07, 6.45) is 0. The molecule has 0 aliphatic rings. The van der Waals surface area contributed by atoms with Gasteiger partial charge in [0.25, 0.3) is 0 Å². The zero-order valence-electron chi connectivity index (χ0n) is 11.7. The van der Waals surface area contributed by atoms with Crippen molar-refractivity contribution in [2.45, 2.75) is 25.8 Å². The molecule has 2 rings (SSSR count). The second kappa shape index (κ2) is 6.09. The predicted octanol–water partition coefficient (Wildman–Crippen LogP) is 2.50. The van der Waals surface area contributed by atoms with Crippen molar-refractivity contribution in [3.63, 3.8) is 0 Å². The van der Waals surface area contributed by atoms with Crippen molar-refractivity contribution in [1.82, 2.24) is 9.61 Å². The summed E-state index contributed by atoms with van der Waals surface area (Å²) in [6.45, 7) is 5.49. The highest BCUT2D eigenvalue weighted by Gasteiger charge is 2.22.